The Bertz CT molecular complexity index is 1690. The molecule has 1 aliphatic heterocycles. The summed E-state index contributed by atoms with van der Waals surface area (Å²) in [6.45, 7) is 5.09. The van der Waals surface area contributed by atoms with E-state index in [0.29, 0.717) is 29.3 Å². The Morgan fingerprint density at radius 1 is 0.951 bits per heavy atom. The van der Waals surface area contributed by atoms with Gasteiger partial charge in [0.05, 0.1) is 31.0 Å². The van der Waals surface area contributed by atoms with Gasteiger partial charge >= 0.3 is 5.69 Å². The van der Waals surface area contributed by atoms with Gasteiger partial charge in [0.1, 0.15) is 12.4 Å². The lowest BCUT2D eigenvalue weighted by Crippen LogP contribution is -2.25. The number of hydrogen-bond donors (Lipinski definition) is 1. The summed E-state index contributed by atoms with van der Waals surface area (Å²) >= 11 is 0. The van der Waals surface area contributed by atoms with E-state index in [-0.39, 0.29) is 12.2 Å². The fourth-order valence-electron chi connectivity index (χ4n) is 4.78. The zero-order chi connectivity index (χ0) is 28.6. The molecule has 0 bridgehead atoms. The van der Waals surface area contributed by atoms with Gasteiger partial charge in [-0.25, -0.2) is 13.9 Å². The molecule has 5 aromatic rings. The second-order valence-electron chi connectivity index (χ2n) is 9.81. The van der Waals surface area contributed by atoms with Crippen LogP contribution in [0.5, 0.6) is 11.5 Å². The van der Waals surface area contributed by atoms with Crippen LogP contribution < -0.4 is 20.5 Å². The van der Waals surface area contributed by atoms with Crippen LogP contribution in [0.3, 0.4) is 0 Å². The minimum atomic E-state index is -0.286. The minimum Gasteiger partial charge on any atom is -0.493 e. The lowest BCUT2D eigenvalue weighted by molar-refractivity contribution is 0.289. The topological polar surface area (TPSA) is 93.6 Å². The van der Waals surface area contributed by atoms with Crippen molar-refractivity contribution < 1.29 is 9.47 Å². The molecule has 1 aliphatic rings. The SMILES string of the molecule is C1CCNC1.COc1cc(-c2ccc(C#N)cc2)c(-c2ccc(C)cc2)n2c(=O)n(CCOc3ccccc3)nc12. The molecule has 0 unspecified atom stereocenters. The Kier molecular flexibility index (Phi) is 8.77. The molecule has 8 heteroatoms. The number of rotatable bonds is 7. The normalized spacial score (nSPS) is 12.4. The summed E-state index contributed by atoms with van der Waals surface area (Å²) in [6, 6.07) is 28.8. The average Bonchev–Trinajstić information content (AvgIpc) is 3.70. The van der Waals surface area contributed by atoms with Crippen molar-refractivity contribution >= 4 is 5.65 Å². The smallest absolute Gasteiger partial charge is 0.351 e. The summed E-state index contributed by atoms with van der Waals surface area (Å²) in [5, 5.41) is 17.0. The number of ether oxygens (including phenoxy) is 2. The number of pyridine rings is 1. The van der Waals surface area contributed by atoms with E-state index in [1.807, 2.05) is 79.7 Å². The Labute approximate surface area is 239 Å². The molecule has 0 aliphatic carbocycles. The first-order chi connectivity index (χ1) is 20.1. The Morgan fingerprint density at radius 3 is 2.24 bits per heavy atom. The molecule has 0 amide bonds. The molecule has 3 heterocycles. The largest absolute Gasteiger partial charge is 0.493 e. The van der Waals surface area contributed by atoms with E-state index in [1.165, 1.54) is 30.6 Å². The molecule has 3 aromatic carbocycles. The van der Waals surface area contributed by atoms with Crippen LogP contribution in [-0.2, 0) is 6.54 Å². The second kappa shape index (κ2) is 13.0. The number of nitriles is 1. The molecule has 1 saturated heterocycles. The number of nitrogens with zero attached hydrogens (tertiary/aromatic N) is 4. The summed E-state index contributed by atoms with van der Waals surface area (Å²) < 4.78 is 14.5. The van der Waals surface area contributed by atoms with E-state index in [4.69, 9.17) is 9.47 Å². The molecule has 0 saturated carbocycles. The van der Waals surface area contributed by atoms with E-state index in [2.05, 4.69) is 16.5 Å². The van der Waals surface area contributed by atoms with Crippen molar-refractivity contribution in [1.29, 1.82) is 5.26 Å². The van der Waals surface area contributed by atoms with Gasteiger partial charge in [0, 0.05) is 5.56 Å². The Morgan fingerprint density at radius 2 is 1.63 bits per heavy atom. The van der Waals surface area contributed by atoms with Gasteiger partial charge in [0.2, 0.25) is 5.65 Å². The highest BCUT2D eigenvalue weighted by Gasteiger charge is 2.21. The van der Waals surface area contributed by atoms with Crippen molar-refractivity contribution in [3.8, 4) is 40.0 Å². The van der Waals surface area contributed by atoms with Crippen molar-refractivity contribution in [3.05, 3.63) is 107 Å². The summed E-state index contributed by atoms with van der Waals surface area (Å²) in [6.07, 6.45) is 2.78. The third-order valence-corrected chi connectivity index (χ3v) is 6.96. The van der Waals surface area contributed by atoms with Gasteiger partial charge in [-0.15, -0.1) is 5.10 Å². The maximum atomic E-state index is 13.7. The van der Waals surface area contributed by atoms with Crippen molar-refractivity contribution in [2.45, 2.75) is 26.3 Å². The summed E-state index contributed by atoms with van der Waals surface area (Å²) in [5.74, 6) is 1.21. The number of fused-ring (bicyclic) bond motifs is 1. The van der Waals surface area contributed by atoms with Gasteiger partial charge in [-0.05, 0) is 74.3 Å². The lowest BCUT2D eigenvalue weighted by Gasteiger charge is -2.15. The molecule has 41 heavy (non-hydrogen) atoms. The molecule has 1 fully saturated rings. The molecule has 2 aromatic heterocycles. The van der Waals surface area contributed by atoms with E-state index in [1.54, 1.807) is 23.6 Å². The van der Waals surface area contributed by atoms with E-state index in [9.17, 15) is 10.1 Å². The van der Waals surface area contributed by atoms with Gasteiger partial charge < -0.3 is 14.8 Å². The number of nitrogens with one attached hydrogen (secondary N) is 1. The van der Waals surface area contributed by atoms with Crippen LogP contribution in [0.4, 0.5) is 0 Å². The van der Waals surface area contributed by atoms with E-state index >= 15 is 0 Å². The Balaban J connectivity index is 0.000000610. The van der Waals surface area contributed by atoms with Crippen LogP contribution in [-0.4, -0.2) is 41.0 Å². The third kappa shape index (κ3) is 6.32. The molecule has 0 atom stereocenters. The van der Waals surface area contributed by atoms with Crippen LogP contribution in [0.15, 0.2) is 89.7 Å². The molecular weight excluding hydrogens is 514 g/mol. The fraction of sp³-hybridized carbons (Fsp3) is 0.242. The second-order valence-corrected chi connectivity index (χ2v) is 9.81. The van der Waals surface area contributed by atoms with Crippen LogP contribution in [0.1, 0.15) is 24.0 Å². The quantitative estimate of drug-likeness (QED) is 0.291. The highest BCUT2D eigenvalue weighted by Crippen LogP contribution is 2.36. The number of benzene rings is 3. The van der Waals surface area contributed by atoms with Crippen molar-refractivity contribution in [2.75, 3.05) is 26.8 Å². The number of para-hydroxylation sites is 1. The summed E-state index contributed by atoms with van der Waals surface area (Å²) in [7, 11) is 1.56. The molecule has 0 spiro atoms. The van der Waals surface area contributed by atoms with Crippen molar-refractivity contribution in [1.82, 2.24) is 19.5 Å². The first-order valence-corrected chi connectivity index (χ1v) is 13.8. The molecular formula is C33H33N5O3. The minimum absolute atomic E-state index is 0.276. The standard InChI is InChI=1S/C29H24N4O3.C4H9N/c1-20-8-12-23(13-9-20)27-25(22-14-10-21(19-30)11-15-22)18-26(35-2)28-31-32(29(34)33(27)28)16-17-36-24-6-4-3-5-7-24;1-2-4-5-3-1/h3-15,18H,16-17H2,1-2H3;5H,1-4H2. The third-order valence-electron chi connectivity index (χ3n) is 6.96. The number of aryl methyl sites for hydroxylation is 1. The predicted octanol–water partition coefficient (Wildman–Crippen LogP) is 5.47. The van der Waals surface area contributed by atoms with Gasteiger partial charge in [-0.1, -0.05) is 60.2 Å². The highest BCUT2D eigenvalue weighted by molar-refractivity contribution is 5.85. The van der Waals surface area contributed by atoms with Gasteiger partial charge in [0.25, 0.3) is 0 Å². The van der Waals surface area contributed by atoms with Gasteiger partial charge in [0.15, 0.2) is 5.75 Å². The summed E-state index contributed by atoms with van der Waals surface area (Å²) in [5.41, 5.74) is 5.05. The highest BCUT2D eigenvalue weighted by atomic mass is 16.5. The fourth-order valence-corrected chi connectivity index (χ4v) is 4.78. The zero-order valence-corrected chi connectivity index (χ0v) is 23.3. The van der Waals surface area contributed by atoms with Crippen LogP contribution in [0.25, 0.3) is 28.0 Å². The van der Waals surface area contributed by atoms with E-state index in [0.717, 1.165) is 28.0 Å². The van der Waals surface area contributed by atoms with Gasteiger partial charge in [-0.3, -0.25) is 0 Å². The molecule has 8 nitrogen and oxygen atoms in total. The maximum absolute atomic E-state index is 13.7. The first kappa shape index (κ1) is 27.7. The van der Waals surface area contributed by atoms with Gasteiger partial charge in [-0.2, -0.15) is 5.26 Å². The average molecular weight is 548 g/mol. The number of aromatic nitrogens is 3. The van der Waals surface area contributed by atoms with Crippen molar-refractivity contribution in [3.63, 3.8) is 0 Å². The maximum Gasteiger partial charge on any atom is 0.351 e. The molecule has 0 radical (unpaired) electrons. The molecule has 1 N–H and O–H groups in total. The number of methoxy groups -OCH3 is 1. The molecule has 6 rings (SSSR count). The molecule has 208 valence electrons. The predicted molar refractivity (Wildman–Crippen MR) is 160 cm³/mol. The van der Waals surface area contributed by atoms with Crippen LogP contribution >= 0.6 is 0 Å². The van der Waals surface area contributed by atoms with Crippen molar-refractivity contribution in [2.24, 2.45) is 0 Å². The van der Waals surface area contributed by atoms with Crippen LogP contribution in [0, 0.1) is 18.3 Å². The van der Waals surface area contributed by atoms with E-state index < -0.39 is 0 Å². The first-order valence-electron chi connectivity index (χ1n) is 13.8. The monoisotopic (exact) mass is 547 g/mol. The lowest BCUT2D eigenvalue weighted by atomic mass is 9.97. The Hall–Kier alpha value is -4.87. The zero-order valence-electron chi connectivity index (χ0n) is 23.3. The van der Waals surface area contributed by atoms with Crippen LogP contribution in [0.2, 0.25) is 0 Å². The summed E-state index contributed by atoms with van der Waals surface area (Å²) in [4.78, 5) is 13.7. The number of hydrogen-bond acceptors (Lipinski definition) is 6.